The molecule has 2 rings (SSSR count). The largest absolute Gasteiger partial charge is 0.416 e. The second-order valence-corrected chi connectivity index (χ2v) is 4.99. The molecular weight excluding hydrogens is 295 g/mol. The molecule has 1 aliphatic rings. The molecular formula is C13H13ClF3NO2. The monoisotopic (exact) mass is 307 g/mol. The van der Waals surface area contributed by atoms with Gasteiger partial charge in [-0.25, -0.2) is 0 Å². The number of ether oxygens (including phenoxy) is 1. The zero-order chi connectivity index (χ0) is 14.8. The van der Waals surface area contributed by atoms with Crippen molar-refractivity contribution < 1.29 is 22.7 Å². The number of carbonyl (C=O) groups is 1. The van der Waals surface area contributed by atoms with Crippen molar-refractivity contribution in [3.63, 3.8) is 0 Å². The van der Waals surface area contributed by atoms with Crippen molar-refractivity contribution in [3.05, 3.63) is 28.8 Å². The van der Waals surface area contributed by atoms with Crippen LogP contribution in [0.1, 0.15) is 24.8 Å². The summed E-state index contributed by atoms with van der Waals surface area (Å²) in [6, 6.07) is 2.82. The number of carbonyl (C=O) groups excluding carboxylic acids is 1. The molecule has 3 nitrogen and oxygen atoms in total. The molecule has 110 valence electrons. The molecule has 20 heavy (non-hydrogen) atoms. The third kappa shape index (κ3) is 3.86. The van der Waals surface area contributed by atoms with E-state index in [0.717, 1.165) is 31.0 Å². The van der Waals surface area contributed by atoms with E-state index in [1.54, 1.807) is 0 Å². The van der Waals surface area contributed by atoms with Gasteiger partial charge in [-0.1, -0.05) is 11.6 Å². The van der Waals surface area contributed by atoms with Gasteiger partial charge >= 0.3 is 6.18 Å². The average Bonchev–Trinajstić information content (AvgIpc) is 2.83. The van der Waals surface area contributed by atoms with Gasteiger partial charge in [0.15, 0.2) is 0 Å². The number of amides is 1. The number of alkyl halides is 3. The molecule has 0 radical (unpaired) electrons. The van der Waals surface area contributed by atoms with E-state index in [-0.39, 0.29) is 23.2 Å². The summed E-state index contributed by atoms with van der Waals surface area (Å²) in [6.07, 6.45) is -2.85. The van der Waals surface area contributed by atoms with Crippen molar-refractivity contribution >= 4 is 23.2 Å². The van der Waals surface area contributed by atoms with E-state index in [1.807, 2.05) is 0 Å². The van der Waals surface area contributed by atoms with E-state index in [9.17, 15) is 18.0 Å². The van der Waals surface area contributed by atoms with Gasteiger partial charge in [0.2, 0.25) is 5.91 Å². The van der Waals surface area contributed by atoms with E-state index in [2.05, 4.69) is 5.32 Å². The highest BCUT2D eigenvalue weighted by Gasteiger charge is 2.31. The number of hydrogen-bond donors (Lipinski definition) is 1. The van der Waals surface area contributed by atoms with Crippen molar-refractivity contribution in [2.45, 2.75) is 31.5 Å². The van der Waals surface area contributed by atoms with Crippen LogP contribution >= 0.6 is 11.6 Å². The van der Waals surface area contributed by atoms with Gasteiger partial charge in [0.05, 0.1) is 28.8 Å². The fourth-order valence-electron chi connectivity index (χ4n) is 2.01. The Hall–Kier alpha value is -1.27. The molecule has 1 amide bonds. The first kappa shape index (κ1) is 15.1. The third-order valence-corrected chi connectivity index (χ3v) is 3.33. The minimum atomic E-state index is -4.47. The van der Waals surface area contributed by atoms with Crippen LogP contribution in [0, 0.1) is 0 Å². The molecule has 0 bridgehead atoms. The second kappa shape index (κ2) is 6.01. The molecule has 0 aromatic heterocycles. The third-order valence-electron chi connectivity index (χ3n) is 3.00. The smallest absolute Gasteiger partial charge is 0.378 e. The molecule has 0 spiro atoms. The summed E-state index contributed by atoms with van der Waals surface area (Å²) < 4.78 is 43.1. The molecule has 0 saturated carbocycles. The Morgan fingerprint density at radius 2 is 2.20 bits per heavy atom. The Balaban J connectivity index is 2.06. The van der Waals surface area contributed by atoms with Crippen molar-refractivity contribution in [1.29, 1.82) is 0 Å². The fraction of sp³-hybridized carbons (Fsp3) is 0.462. The van der Waals surface area contributed by atoms with E-state index in [0.29, 0.717) is 6.61 Å². The number of anilines is 1. The molecule has 1 saturated heterocycles. The van der Waals surface area contributed by atoms with E-state index in [1.165, 1.54) is 0 Å². The number of benzene rings is 1. The molecule has 1 atom stereocenters. The molecule has 1 N–H and O–H groups in total. The molecule has 7 heteroatoms. The summed E-state index contributed by atoms with van der Waals surface area (Å²) in [4.78, 5) is 11.8. The van der Waals surface area contributed by atoms with E-state index in [4.69, 9.17) is 16.3 Å². The van der Waals surface area contributed by atoms with Crippen LogP contribution in [0.4, 0.5) is 18.9 Å². The molecule has 1 unspecified atom stereocenters. The maximum Gasteiger partial charge on any atom is 0.416 e. The summed E-state index contributed by atoms with van der Waals surface area (Å²) in [5, 5.41) is 2.47. The maximum absolute atomic E-state index is 12.6. The van der Waals surface area contributed by atoms with Crippen LogP contribution in [0.3, 0.4) is 0 Å². The molecule has 1 aromatic rings. The Bertz CT molecular complexity index is 499. The van der Waals surface area contributed by atoms with Gasteiger partial charge in [-0.15, -0.1) is 0 Å². The van der Waals surface area contributed by atoms with Gasteiger partial charge in [-0.2, -0.15) is 13.2 Å². The van der Waals surface area contributed by atoms with Crippen LogP contribution in [-0.4, -0.2) is 18.6 Å². The van der Waals surface area contributed by atoms with Crippen LogP contribution in [0.15, 0.2) is 18.2 Å². The molecule has 0 aliphatic carbocycles. The van der Waals surface area contributed by atoms with Crippen LogP contribution in [0.5, 0.6) is 0 Å². The first-order valence-corrected chi connectivity index (χ1v) is 6.52. The topological polar surface area (TPSA) is 38.3 Å². The number of halogens is 4. The zero-order valence-corrected chi connectivity index (χ0v) is 11.2. The Morgan fingerprint density at radius 1 is 1.45 bits per heavy atom. The first-order chi connectivity index (χ1) is 9.36. The summed E-state index contributed by atoms with van der Waals surface area (Å²) in [7, 11) is 0. The Labute approximate surface area is 119 Å². The van der Waals surface area contributed by atoms with Crippen molar-refractivity contribution in [2.75, 3.05) is 11.9 Å². The molecule has 1 aromatic carbocycles. The first-order valence-electron chi connectivity index (χ1n) is 6.14. The van der Waals surface area contributed by atoms with Gasteiger partial charge in [-0.3, -0.25) is 4.79 Å². The summed E-state index contributed by atoms with van der Waals surface area (Å²) in [5.74, 6) is -0.405. The standard InChI is InChI=1S/C13H13ClF3NO2/c14-10-4-3-8(13(15,16)17)6-11(10)18-12(19)7-9-2-1-5-20-9/h3-4,6,9H,1-2,5,7H2,(H,18,19). The Kier molecular flexibility index (Phi) is 4.55. The number of hydrogen-bond acceptors (Lipinski definition) is 2. The van der Waals surface area contributed by atoms with E-state index < -0.39 is 17.6 Å². The van der Waals surface area contributed by atoms with Crippen molar-refractivity contribution in [3.8, 4) is 0 Å². The average molecular weight is 308 g/mol. The van der Waals surface area contributed by atoms with Crippen LogP contribution < -0.4 is 5.32 Å². The zero-order valence-electron chi connectivity index (χ0n) is 10.5. The van der Waals surface area contributed by atoms with Gasteiger partial charge in [-0.05, 0) is 31.0 Å². The van der Waals surface area contributed by atoms with Gasteiger partial charge in [0.25, 0.3) is 0 Å². The Morgan fingerprint density at radius 3 is 2.80 bits per heavy atom. The predicted octanol–water partition coefficient (Wildman–Crippen LogP) is 3.87. The van der Waals surface area contributed by atoms with Crippen molar-refractivity contribution in [2.24, 2.45) is 0 Å². The van der Waals surface area contributed by atoms with Crippen LogP contribution in [-0.2, 0) is 15.7 Å². The van der Waals surface area contributed by atoms with Gasteiger partial charge in [0.1, 0.15) is 0 Å². The maximum atomic E-state index is 12.6. The molecule has 1 fully saturated rings. The fourth-order valence-corrected chi connectivity index (χ4v) is 2.18. The lowest BCUT2D eigenvalue weighted by Crippen LogP contribution is -2.19. The van der Waals surface area contributed by atoms with Gasteiger partial charge in [0, 0.05) is 6.61 Å². The molecule has 1 heterocycles. The summed E-state index contributed by atoms with van der Waals surface area (Å²) in [5.41, 5.74) is -0.890. The second-order valence-electron chi connectivity index (χ2n) is 4.58. The highest BCUT2D eigenvalue weighted by Crippen LogP contribution is 2.34. The van der Waals surface area contributed by atoms with Crippen LogP contribution in [0.2, 0.25) is 5.02 Å². The van der Waals surface area contributed by atoms with Crippen molar-refractivity contribution in [1.82, 2.24) is 0 Å². The minimum Gasteiger partial charge on any atom is -0.378 e. The SMILES string of the molecule is O=C(CC1CCCO1)Nc1cc(C(F)(F)F)ccc1Cl. The quantitative estimate of drug-likeness (QED) is 0.920. The molecule has 1 aliphatic heterocycles. The number of nitrogens with one attached hydrogen (secondary N) is 1. The summed E-state index contributed by atoms with van der Waals surface area (Å²) >= 11 is 5.79. The normalized spacial score (nSPS) is 19.1. The lowest BCUT2D eigenvalue weighted by molar-refractivity contribution is -0.137. The minimum absolute atomic E-state index is 0.0375. The predicted molar refractivity (Wildman–Crippen MR) is 68.7 cm³/mol. The van der Waals surface area contributed by atoms with Gasteiger partial charge < -0.3 is 10.1 Å². The summed E-state index contributed by atoms with van der Waals surface area (Å²) in [6.45, 7) is 0.613. The highest BCUT2D eigenvalue weighted by atomic mass is 35.5. The lowest BCUT2D eigenvalue weighted by atomic mass is 10.1. The highest BCUT2D eigenvalue weighted by molar-refractivity contribution is 6.33. The lowest BCUT2D eigenvalue weighted by Gasteiger charge is -2.13. The number of rotatable bonds is 3. The van der Waals surface area contributed by atoms with Crippen LogP contribution in [0.25, 0.3) is 0 Å². The van der Waals surface area contributed by atoms with E-state index >= 15 is 0 Å².